The van der Waals surface area contributed by atoms with Crippen molar-refractivity contribution in [2.24, 2.45) is 0 Å². The van der Waals surface area contributed by atoms with Gasteiger partial charge in [-0.2, -0.15) is 18.3 Å². The highest BCUT2D eigenvalue weighted by molar-refractivity contribution is 6.32. The number of aliphatic hydroxyl groups is 1. The zero-order chi connectivity index (χ0) is 24.6. The lowest BCUT2D eigenvalue weighted by atomic mass is 9.84. The molecule has 180 valence electrons. The van der Waals surface area contributed by atoms with Gasteiger partial charge in [-0.15, -0.1) is 0 Å². The number of hydrogen-bond acceptors (Lipinski definition) is 5. The zero-order valence-corrected chi connectivity index (χ0v) is 19.3. The number of pyridine rings is 2. The highest BCUT2D eigenvalue weighted by Gasteiger charge is 2.32. The van der Waals surface area contributed by atoms with Gasteiger partial charge in [0.15, 0.2) is 5.82 Å². The minimum Gasteiger partial charge on any atom is -0.393 e. The fourth-order valence-electron chi connectivity index (χ4n) is 4.22. The van der Waals surface area contributed by atoms with Crippen LogP contribution in [0.1, 0.15) is 64.5 Å². The summed E-state index contributed by atoms with van der Waals surface area (Å²) >= 11 is 6.02. The number of hydrogen-bond donors (Lipinski definition) is 2. The molecule has 11 heteroatoms. The third-order valence-electron chi connectivity index (χ3n) is 6.06. The van der Waals surface area contributed by atoms with Crippen LogP contribution < -0.4 is 5.32 Å². The third-order valence-corrected chi connectivity index (χ3v) is 6.34. The second kappa shape index (κ2) is 9.34. The Morgan fingerprint density at radius 2 is 1.82 bits per heavy atom. The van der Waals surface area contributed by atoms with Crippen LogP contribution in [0.4, 0.5) is 18.9 Å². The van der Waals surface area contributed by atoms with Crippen LogP contribution in [0, 0.1) is 13.8 Å². The lowest BCUT2D eigenvalue weighted by Gasteiger charge is -2.26. The van der Waals surface area contributed by atoms with E-state index in [9.17, 15) is 23.1 Å². The first-order valence-electron chi connectivity index (χ1n) is 10.8. The monoisotopic (exact) mass is 493 g/mol. The normalized spacial score (nSPS) is 18.7. The molecule has 1 aliphatic carbocycles. The molecule has 1 fully saturated rings. The second-order valence-electron chi connectivity index (χ2n) is 8.47. The fourth-order valence-corrected chi connectivity index (χ4v) is 4.46. The molecule has 0 aliphatic heterocycles. The summed E-state index contributed by atoms with van der Waals surface area (Å²) in [4.78, 5) is 21.2. The summed E-state index contributed by atoms with van der Waals surface area (Å²) in [5.41, 5.74) is 2.05. The first kappa shape index (κ1) is 24.2. The SMILES string of the molecule is Cc1cc(NC(=O)c2cnn(-c3ncc(C(F)(F)F)cc3Cl)c2C)cnc1[C@H]1CC[C@H](O)CC1. The third kappa shape index (κ3) is 4.92. The first-order chi connectivity index (χ1) is 16.0. The molecule has 3 aromatic heterocycles. The standard InChI is InChI=1S/C23H23ClF3N5O2/c1-12-7-16(10-28-20(12)14-3-5-17(33)6-4-14)31-22(34)18-11-30-32(13(18)2)21-19(24)8-15(9-29-21)23(25,26)27/h7-11,14,17,33H,3-6H2,1-2H3,(H,31,34)/t14-,17-. The molecule has 1 aliphatic rings. The van der Waals surface area contributed by atoms with Gasteiger partial charge < -0.3 is 10.4 Å². The smallest absolute Gasteiger partial charge is 0.393 e. The van der Waals surface area contributed by atoms with Gasteiger partial charge in [-0.3, -0.25) is 9.78 Å². The Labute approximate surface area is 199 Å². The Kier molecular flexibility index (Phi) is 6.64. The molecule has 0 aromatic carbocycles. The number of amides is 1. The van der Waals surface area contributed by atoms with Crippen molar-refractivity contribution in [1.82, 2.24) is 19.7 Å². The van der Waals surface area contributed by atoms with E-state index in [2.05, 4.69) is 20.4 Å². The number of alkyl halides is 3. The fraction of sp³-hybridized carbons (Fsp3) is 0.391. The highest BCUT2D eigenvalue weighted by atomic mass is 35.5. The molecule has 2 N–H and O–H groups in total. The Hall–Kier alpha value is -2.98. The van der Waals surface area contributed by atoms with Gasteiger partial charge in [-0.05, 0) is 57.2 Å². The summed E-state index contributed by atoms with van der Waals surface area (Å²) in [6.07, 6.45) is 2.02. The zero-order valence-electron chi connectivity index (χ0n) is 18.5. The van der Waals surface area contributed by atoms with Crippen molar-refractivity contribution in [3.05, 3.63) is 63.8 Å². The van der Waals surface area contributed by atoms with E-state index in [0.29, 0.717) is 17.6 Å². The maximum atomic E-state index is 12.9. The minimum atomic E-state index is -4.57. The van der Waals surface area contributed by atoms with Crippen molar-refractivity contribution < 1.29 is 23.1 Å². The van der Waals surface area contributed by atoms with E-state index >= 15 is 0 Å². The molecular weight excluding hydrogens is 471 g/mol. The second-order valence-corrected chi connectivity index (χ2v) is 8.88. The van der Waals surface area contributed by atoms with Crippen molar-refractivity contribution in [1.29, 1.82) is 0 Å². The average Bonchev–Trinajstić information content (AvgIpc) is 3.15. The minimum absolute atomic E-state index is 0.00863. The predicted octanol–water partition coefficient (Wildman–Crippen LogP) is 5.22. The number of aryl methyl sites for hydroxylation is 1. The highest BCUT2D eigenvalue weighted by Crippen LogP contribution is 2.34. The van der Waals surface area contributed by atoms with Crippen LogP contribution in [-0.2, 0) is 6.18 Å². The molecular formula is C23H23ClF3N5O2. The Morgan fingerprint density at radius 1 is 1.12 bits per heavy atom. The number of anilines is 1. The van der Waals surface area contributed by atoms with Crippen molar-refractivity contribution in [2.45, 2.75) is 57.7 Å². The van der Waals surface area contributed by atoms with E-state index in [4.69, 9.17) is 11.6 Å². The van der Waals surface area contributed by atoms with Gasteiger partial charge in [0.2, 0.25) is 0 Å². The van der Waals surface area contributed by atoms with Crippen molar-refractivity contribution in [3.8, 4) is 5.82 Å². The number of nitrogens with one attached hydrogen (secondary N) is 1. The Morgan fingerprint density at radius 3 is 2.44 bits per heavy atom. The maximum Gasteiger partial charge on any atom is 0.417 e. The number of aromatic nitrogens is 4. The Bertz CT molecular complexity index is 1220. The van der Waals surface area contributed by atoms with Crippen molar-refractivity contribution in [2.75, 3.05) is 5.32 Å². The molecule has 34 heavy (non-hydrogen) atoms. The summed E-state index contributed by atoms with van der Waals surface area (Å²) in [7, 11) is 0. The molecule has 1 saturated carbocycles. The van der Waals surface area contributed by atoms with Crippen LogP contribution in [0.5, 0.6) is 0 Å². The maximum absolute atomic E-state index is 12.9. The summed E-state index contributed by atoms with van der Waals surface area (Å²) in [6.45, 7) is 3.53. The predicted molar refractivity (Wildman–Crippen MR) is 120 cm³/mol. The van der Waals surface area contributed by atoms with Crippen molar-refractivity contribution >= 4 is 23.2 Å². The quantitative estimate of drug-likeness (QED) is 0.519. The molecule has 0 spiro atoms. The number of aliphatic hydroxyl groups excluding tert-OH is 1. The molecule has 3 heterocycles. The molecule has 0 atom stereocenters. The van der Waals surface area contributed by atoms with Crippen LogP contribution in [0.2, 0.25) is 5.02 Å². The van der Waals surface area contributed by atoms with Crippen LogP contribution >= 0.6 is 11.6 Å². The summed E-state index contributed by atoms with van der Waals surface area (Å²) in [5.74, 6) is -0.165. The van der Waals surface area contributed by atoms with E-state index in [1.807, 2.05) is 13.0 Å². The van der Waals surface area contributed by atoms with Crippen LogP contribution in [0.15, 0.2) is 30.7 Å². The lowest BCUT2D eigenvalue weighted by Crippen LogP contribution is -2.19. The van der Waals surface area contributed by atoms with E-state index in [0.717, 1.165) is 43.0 Å². The van der Waals surface area contributed by atoms with Gasteiger partial charge in [0.25, 0.3) is 5.91 Å². The molecule has 1 amide bonds. The van der Waals surface area contributed by atoms with Crippen LogP contribution in [0.25, 0.3) is 5.82 Å². The van der Waals surface area contributed by atoms with Crippen LogP contribution in [0.3, 0.4) is 0 Å². The number of halogens is 4. The molecule has 4 rings (SSSR count). The van der Waals surface area contributed by atoms with E-state index in [1.54, 1.807) is 13.1 Å². The van der Waals surface area contributed by atoms with Gasteiger partial charge in [-0.25, -0.2) is 9.67 Å². The molecule has 0 unspecified atom stereocenters. The summed E-state index contributed by atoms with van der Waals surface area (Å²) in [6, 6.07) is 2.62. The summed E-state index contributed by atoms with van der Waals surface area (Å²) in [5, 5.41) is 16.4. The number of rotatable bonds is 4. The van der Waals surface area contributed by atoms with Gasteiger partial charge >= 0.3 is 6.18 Å². The van der Waals surface area contributed by atoms with Crippen molar-refractivity contribution in [3.63, 3.8) is 0 Å². The molecule has 3 aromatic rings. The van der Waals surface area contributed by atoms with Gasteiger partial charge in [0.1, 0.15) is 0 Å². The summed E-state index contributed by atoms with van der Waals surface area (Å²) < 4.78 is 39.9. The Balaban J connectivity index is 1.51. The van der Waals surface area contributed by atoms with Gasteiger partial charge in [-0.1, -0.05) is 11.6 Å². The average molecular weight is 494 g/mol. The topological polar surface area (TPSA) is 92.9 Å². The molecule has 0 saturated heterocycles. The van der Waals surface area contributed by atoms with Gasteiger partial charge in [0.05, 0.1) is 46.0 Å². The molecule has 0 bridgehead atoms. The largest absolute Gasteiger partial charge is 0.417 e. The van der Waals surface area contributed by atoms with Crippen LogP contribution in [-0.4, -0.2) is 36.9 Å². The lowest BCUT2D eigenvalue weighted by molar-refractivity contribution is -0.137. The molecule has 0 radical (unpaired) electrons. The molecule has 7 nitrogen and oxygen atoms in total. The van der Waals surface area contributed by atoms with E-state index in [1.165, 1.54) is 10.9 Å². The van der Waals surface area contributed by atoms with E-state index in [-0.39, 0.29) is 28.4 Å². The van der Waals surface area contributed by atoms with Gasteiger partial charge in [0, 0.05) is 17.8 Å². The number of carbonyl (C=O) groups excluding carboxylic acids is 1. The van der Waals surface area contributed by atoms with E-state index < -0.39 is 17.6 Å². The first-order valence-corrected chi connectivity index (χ1v) is 11.2. The number of nitrogens with zero attached hydrogens (tertiary/aromatic N) is 4. The number of carbonyl (C=O) groups is 1.